The van der Waals surface area contributed by atoms with Crippen molar-refractivity contribution in [3.05, 3.63) is 0 Å². The van der Waals surface area contributed by atoms with Crippen molar-refractivity contribution in [3.8, 4) is 0 Å². The second-order valence-electron chi connectivity index (χ2n) is 4.38. The first-order valence-corrected chi connectivity index (χ1v) is 7.47. The maximum atomic E-state index is 9.79. The molecule has 0 aromatic heterocycles. The molecule has 1 fully saturated rings. The predicted molar refractivity (Wildman–Crippen MR) is 50.1 cm³/mol. The molecule has 3 heteroatoms. The van der Waals surface area contributed by atoms with E-state index in [1.807, 2.05) is 0 Å². The molecule has 68 valence electrons. The molecule has 11 heavy (non-hydrogen) atoms. The first kappa shape index (κ1) is 9.44. The third-order valence-electron chi connectivity index (χ3n) is 2.63. The minimum atomic E-state index is -3.21. The normalized spacial score (nSPS) is 26.0. The molecule has 0 spiro atoms. The van der Waals surface area contributed by atoms with Crippen molar-refractivity contribution in [2.24, 2.45) is 0 Å². The van der Waals surface area contributed by atoms with Gasteiger partial charge in [-0.3, -0.25) is 0 Å². The van der Waals surface area contributed by atoms with Gasteiger partial charge in [0.25, 0.3) is 0 Å². The Morgan fingerprint density at radius 1 is 1.00 bits per heavy atom. The number of hydrogen-bond donors (Lipinski definition) is 2. The summed E-state index contributed by atoms with van der Waals surface area (Å²) in [5.74, 6) is 0. The molecule has 0 bridgehead atoms. The molecule has 2 nitrogen and oxygen atoms in total. The average molecular weight is 178 g/mol. The van der Waals surface area contributed by atoms with Gasteiger partial charge in [-0.2, -0.15) is 0 Å². The second-order valence-corrected chi connectivity index (χ2v) is 9.27. The van der Waals surface area contributed by atoms with Crippen LogP contribution in [0.5, 0.6) is 0 Å². The van der Waals surface area contributed by atoms with Crippen molar-refractivity contribution in [3.63, 3.8) is 0 Å². The quantitative estimate of drug-likeness (QED) is 0.602. The molecule has 0 unspecified atom stereocenters. The van der Waals surface area contributed by atoms with Gasteiger partial charge in [-0.05, 0) is 0 Å². The first-order valence-electron chi connectivity index (χ1n) is 4.37. The minimum absolute atomic E-state index is 0.190. The summed E-state index contributed by atoms with van der Waals surface area (Å²) in [5, 5.41) is 0. The monoisotopic (exact) mass is 178 g/mol. The summed E-state index contributed by atoms with van der Waals surface area (Å²) in [5.41, 5.74) is 0.190. The third-order valence-corrected chi connectivity index (χ3v) is 5.26. The maximum absolute atomic E-state index is 9.79. The van der Waals surface area contributed by atoms with E-state index in [4.69, 9.17) is 0 Å². The third kappa shape index (κ3) is 2.70. The van der Waals surface area contributed by atoms with Gasteiger partial charge < -0.3 is 0 Å². The molecule has 0 radical (unpaired) electrons. The van der Waals surface area contributed by atoms with Crippen molar-refractivity contribution >= 4 is 7.06 Å². The van der Waals surface area contributed by atoms with Gasteiger partial charge in [0.2, 0.25) is 0 Å². The van der Waals surface area contributed by atoms with E-state index in [9.17, 15) is 9.79 Å². The SMILES string of the molecule is CP(C)(O)(O)C1CCCCC1. The Bertz CT molecular complexity index is 133. The second kappa shape index (κ2) is 2.69. The molecule has 0 heterocycles. The zero-order chi connectivity index (χ0) is 8.56. The summed E-state index contributed by atoms with van der Waals surface area (Å²) >= 11 is 0. The van der Waals surface area contributed by atoms with Crippen molar-refractivity contribution in [1.82, 2.24) is 0 Å². The zero-order valence-electron chi connectivity index (χ0n) is 7.45. The Labute approximate surface area is 68.7 Å². The van der Waals surface area contributed by atoms with Crippen molar-refractivity contribution in [2.75, 3.05) is 13.3 Å². The summed E-state index contributed by atoms with van der Waals surface area (Å²) in [6.45, 7) is 3.28. The molecule has 0 atom stereocenters. The fourth-order valence-electron chi connectivity index (χ4n) is 1.83. The summed E-state index contributed by atoms with van der Waals surface area (Å²) in [4.78, 5) is 19.6. The molecule has 0 aliphatic heterocycles. The molecule has 2 N–H and O–H groups in total. The fraction of sp³-hybridized carbons (Fsp3) is 1.00. The van der Waals surface area contributed by atoms with E-state index in [0.29, 0.717) is 0 Å². The van der Waals surface area contributed by atoms with E-state index in [2.05, 4.69) is 0 Å². The van der Waals surface area contributed by atoms with E-state index < -0.39 is 7.06 Å². The van der Waals surface area contributed by atoms with Gasteiger partial charge in [-0.15, -0.1) is 0 Å². The molecule has 1 aliphatic carbocycles. The predicted octanol–water partition coefficient (Wildman–Crippen LogP) is 1.95. The van der Waals surface area contributed by atoms with Crippen LogP contribution in [-0.2, 0) is 0 Å². The van der Waals surface area contributed by atoms with Gasteiger partial charge in [0, 0.05) is 0 Å². The van der Waals surface area contributed by atoms with Gasteiger partial charge >= 0.3 is 67.9 Å². The molecule has 0 aromatic carbocycles. The van der Waals surface area contributed by atoms with Crippen LogP contribution < -0.4 is 0 Å². The van der Waals surface area contributed by atoms with Crippen molar-refractivity contribution in [2.45, 2.75) is 37.8 Å². The zero-order valence-corrected chi connectivity index (χ0v) is 8.35. The van der Waals surface area contributed by atoms with Crippen LogP contribution in [0.25, 0.3) is 0 Å². The van der Waals surface area contributed by atoms with Gasteiger partial charge in [0.15, 0.2) is 0 Å². The molecule has 1 aliphatic rings. The Balaban J connectivity index is 2.59. The van der Waals surface area contributed by atoms with Gasteiger partial charge in [-0.1, -0.05) is 0 Å². The molecule has 0 aromatic rings. The molecule has 0 saturated heterocycles. The van der Waals surface area contributed by atoms with Crippen LogP contribution in [0.15, 0.2) is 0 Å². The average Bonchev–Trinajstić information content (AvgIpc) is 1.86. The van der Waals surface area contributed by atoms with Crippen LogP contribution in [-0.4, -0.2) is 28.8 Å². The Kier molecular flexibility index (Phi) is 2.31. The van der Waals surface area contributed by atoms with Crippen LogP contribution in [0.2, 0.25) is 0 Å². The van der Waals surface area contributed by atoms with Crippen molar-refractivity contribution < 1.29 is 9.79 Å². The van der Waals surface area contributed by atoms with Crippen LogP contribution in [0, 0.1) is 0 Å². The standard InChI is InChI=1S/C8H19O2P/c1-11(2,9,10)8-6-4-3-5-7-8/h8-10H,3-7H2,1-2H3. The Hall–Kier alpha value is 0.350. The number of rotatable bonds is 1. The molecular weight excluding hydrogens is 159 g/mol. The van der Waals surface area contributed by atoms with Crippen molar-refractivity contribution in [1.29, 1.82) is 0 Å². The summed E-state index contributed by atoms with van der Waals surface area (Å²) in [6.07, 6.45) is 5.63. The first-order chi connectivity index (χ1) is 4.86. The van der Waals surface area contributed by atoms with Gasteiger partial charge in [0.05, 0.1) is 0 Å². The van der Waals surface area contributed by atoms with E-state index in [1.165, 1.54) is 19.3 Å². The van der Waals surface area contributed by atoms with E-state index >= 15 is 0 Å². The van der Waals surface area contributed by atoms with Crippen LogP contribution in [0.4, 0.5) is 0 Å². The Morgan fingerprint density at radius 2 is 1.45 bits per heavy atom. The molecule has 1 saturated carbocycles. The van der Waals surface area contributed by atoms with Crippen LogP contribution >= 0.6 is 7.06 Å². The Morgan fingerprint density at radius 3 is 1.73 bits per heavy atom. The van der Waals surface area contributed by atoms with E-state index in [0.717, 1.165) is 12.8 Å². The number of hydrogen-bond acceptors (Lipinski definition) is 2. The molecular formula is C8H19O2P. The summed E-state index contributed by atoms with van der Waals surface area (Å²) < 4.78 is 0. The topological polar surface area (TPSA) is 40.5 Å². The summed E-state index contributed by atoms with van der Waals surface area (Å²) in [6, 6.07) is 0. The van der Waals surface area contributed by atoms with E-state index in [1.54, 1.807) is 13.3 Å². The van der Waals surface area contributed by atoms with Crippen LogP contribution in [0.3, 0.4) is 0 Å². The summed E-state index contributed by atoms with van der Waals surface area (Å²) in [7, 11) is -3.21. The molecule has 0 amide bonds. The van der Waals surface area contributed by atoms with E-state index in [-0.39, 0.29) is 5.66 Å². The van der Waals surface area contributed by atoms with Crippen LogP contribution in [0.1, 0.15) is 32.1 Å². The van der Waals surface area contributed by atoms with Gasteiger partial charge in [0.1, 0.15) is 0 Å². The van der Waals surface area contributed by atoms with Gasteiger partial charge in [-0.25, -0.2) is 0 Å². The molecule has 1 rings (SSSR count). The fourth-order valence-corrected chi connectivity index (χ4v) is 3.69.